The van der Waals surface area contributed by atoms with E-state index in [4.69, 9.17) is 0 Å². The Bertz CT molecular complexity index is 663. The number of halogens is 1. The van der Waals surface area contributed by atoms with Crippen LogP contribution in [-0.2, 0) is 0 Å². The summed E-state index contributed by atoms with van der Waals surface area (Å²) in [5.74, 6) is 0. The molecule has 1 aliphatic rings. The van der Waals surface area contributed by atoms with E-state index in [1.54, 1.807) is 0 Å². The van der Waals surface area contributed by atoms with Gasteiger partial charge in [0.2, 0.25) is 0 Å². The number of nitrogens with zero attached hydrogens (tertiary/aromatic N) is 1. The van der Waals surface area contributed by atoms with Gasteiger partial charge in [-0.25, -0.2) is 4.99 Å². The van der Waals surface area contributed by atoms with E-state index in [0.717, 1.165) is 11.0 Å². The fourth-order valence-electron chi connectivity index (χ4n) is 1.65. The Kier molecular flexibility index (Phi) is 9.00. The second-order valence-corrected chi connectivity index (χ2v) is 7.34. The number of rotatable bonds is 0. The number of hydrogen-bond donors (Lipinski definition) is 0. The molecule has 0 fully saturated rings. The smallest absolute Gasteiger partial charge is 0.0776 e. The molecule has 19 heavy (non-hydrogen) atoms. The lowest BCUT2D eigenvalue weighted by Crippen LogP contribution is -2.04. The quantitative estimate of drug-likeness (QED) is 0.454. The minimum absolute atomic E-state index is 0. The van der Waals surface area contributed by atoms with Gasteiger partial charge in [0, 0.05) is 9.41 Å². The van der Waals surface area contributed by atoms with Crippen molar-refractivity contribution >= 4 is 34.5 Å². The van der Waals surface area contributed by atoms with Gasteiger partial charge < -0.3 is 21.9 Å². The summed E-state index contributed by atoms with van der Waals surface area (Å²) in [6, 6.07) is 16.8. The minimum atomic E-state index is 0. The van der Waals surface area contributed by atoms with Crippen molar-refractivity contribution in [2.45, 2.75) is 4.90 Å². The van der Waals surface area contributed by atoms with Crippen molar-refractivity contribution in [1.29, 1.82) is 0 Å². The molecule has 1 heterocycles. The van der Waals surface area contributed by atoms with E-state index in [1.165, 1.54) is 9.41 Å². The average molecular weight is 397 g/mol. The first-order valence-corrected chi connectivity index (χ1v) is 8.43. The van der Waals surface area contributed by atoms with E-state index < -0.39 is 0 Å². The van der Waals surface area contributed by atoms with Crippen LogP contribution in [0.5, 0.6) is 0 Å². The molecule has 5 nitrogen and oxygen atoms in total. The van der Waals surface area contributed by atoms with Crippen LogP contribution in [0, 0.1) is 4.51 Å². The first-order valence-electron chi connectivity index (χ1n) is 4.66. The molecule has 3 rings (SSSR count). The second-order valence-electron chi connectivity index (χ2n) is 3.30. The van der Waals surface area contributed by atoms with Gasteiger partial charge in [-0.3, -0.25) is 0 Å². The summed E-state index contributed by atoms with van der Waals surface area (Å²) in [6.45, 7) is 0. The molecule has 1 unspecified atom stereocenters. The Morgan fingerprint density at radius 2 is 1.37 bits per heavy atom. The van der Waals surface area contributed by atoms with Crippen molar-refractivity contribution < 1.29 is 21.9 Å². The SMILES string of the molecule is IS1=c2ccccc2=Nc2ccccc21.O.O.O.O. The number of hydrogen-bond acceptors (Lipinski definition) is 1. The van der Waals surface area contributed by atoms with E-state index in [2.05, 4.69) is 62.6 Å². The topological polar surface area (TPSA) is 138 Å². The Hall–Kier alpha value is -0.840. The van der Waals surface area contributed by atoms with E-state index in [9.17, 15) is 0 Å². The van der Waals surface area contributed by atoms with Crippen LogP contribution in [0.3, 0.4) is 0 Å². The standard InChI is InChI=1S/C12H8INS.4H2O/c13-15-11-7-3-1-5-9(11)14-10-6-2-4-8-12(10)15;;;;/h1-8H;4*1H2. The average Bonchev–Trinajstić information content (AvgIpc) is 2.30. The second kappa shape index (κ2) is 8.35. The van der Waals surface area contributed by atoms with Gasteiger partial charge >= 0.3 is 0 Å². The van der Waals surface area contributed by atoms with Gasteiger partial charge in [0.1, 0.15) is 0 Å². The van der Waals surface area contributed by atoms with E-state index in [1.807, 2.05) is 12.1 Å². The minimum Gasteiger partial charge on any atom is -0.412 e. The molecule has 2 aromatic rings. The zero-order valence-electron chi connectivity index (χ0n) is 9.85. The molecule has 1 atom stereocenters. The van der Waals surface area contributed by atoms with Gasteiger partial charge in [-0.05, 0) is 45.5 Å². The van der Waals surface area contributed by atoms with Crippen molar-refractivity contribution in [3.05, 3.63) is 58.4 Å². The molecule has 0 spiro atoms. The van der Waals surface area contributed by atoms with Crippen molar-refractivity contribution in [3.8, 4) is 0 Å². The highest BCUT2D eigenvalue weighted by Crippen LogP contribution is 2.43. The molecule has 0 bridgehead atoms. The summed E-state index contributed by atoms with van der Waals surface area (Å²) in [5, 5.41) is 1.12. The molecule has 0 saturated carbocycles. The van der Waals surface area contributed by atoms with E-state index >= 15 is 0 Å². The highest BCUT2D eigenvalue weighted by Gasteiger charge is 2.08. The molecule has 0 aliphatic carbocycles. The first-order chi connectivity index (χ1) is 7.36. The first kappa shape index (κ1) is 20.5. The van der Waals surface area contributed by atoms with Crippen molar-refractivity contribution in [3.63, 3.8) is 0 Å². The Morgan fingerprint density at radius 3 is 2.11 bits per heavy atom. The molecule has 0 amide bonds. The molecule has 8 N–H and O–H groups in total. The van der Waals surface area contributed by atoms with Gasteiger partial charge in [-0.2, -0.15) is 0 Å². The summed E-state index contributed by atoms with van der Waals surface area (Å²) in [5.41, 5.74) is 1.12. The maximum atomic E-state index is 4.66. The van der Waals surface area contributed by atoms with Crippen molar-refractivity contribution in [2.24, 2.45) is 4.99 Å². The summed E-state index contributed by atoms with van der Waals surface area (Å²) < 4.78 is 1.34. The molecule has 7 heteroatoms. The lowest BCUT2D eigenvalue weighted by atomic mass is 10.3. The zero-order chi connectivity index (χ0) is 10.3. The van der Waals surface area contributed by atoms with Gasteiger partial charge in [0.25, 0.3) is 0 Å². The Balaban J connectivity index is 0. The Labute approximate surface area is 124 Å². The third-order valence-electron chi connectivity index (χ3n) is 2.36. The maximum absolute atomic E-state index is 4.66. The predicted molar refractivity (Wildman–Crippen MR) is 86.9 cm³/mol. The van der Waals surface area contributed by atoms with Crippen LogP contribution in [0.2, 0.25) is 0 Å². The third-order valence-corrected chi connectivity index (χ3v) is 6.67. The summed E-state index contributed by atoms with van der Waals surface area (Å²) in [7, 11) is 0.136. The van der Waals surface area contributed by atoms with Crippen LogP contribution < -0.4 is 5.36 Å². The fraction of sp³-hybridized carbons (Fsp3) is 0. The van der Waals surface area contributed by atoms with E-state index in [-0.39, 0.29) is 29.6 Å². The highest BCUT2D eigenvalue weighted by molar-refractivity contribution is 14.2. The molecular weight excluding hydrogens is 381 g/mol. The van der Waals surface area contributed by atoms with Crippen LogP contribution in [0.4, 0.5) is 5.69 Å². The molecule has 0 saturated heterocycles. The van der Waals surface area contributed by atoms with Crippen LogP contribution in [-0.4, -0.2) is 21.9 Å². The maximum Gasteiger partial charge on any atom is 0.0776 e. The molecule has 106 valence electrons. The summed E-state index contributed by atoms with van der Waals surface area (Å²) in [6.07, 6.45) is 0. The molecule has 0 aromatic heterocycles. The van der Waals surface area contributed by atoms with Gasteiger partial charge in [0.05, 0.1) is 11.0 Å². The zero-order valence-corrected chi connectivity index (χ0v) is 12.8. The number of fused-ring (bicyclic) bond motifs is 2. The van der Waals surface area contributed by atoms with Gasteiger partial charge in [-0.15, -0.1) is 0 Å². The molecule has 1 aliphatic heterocycles. The lowest BCUT2D eigenvalue weighted by Gasteiger charge is -2.10. The van der Waals surface area contributed by atoms with Crippen LogP contribution in [0.15, 0.2) is 58.4 Å². The van der Waals surface area contributed by atoms with Crippen LogP contribution in [0.25, 0.3) is 0 Å². The largest absolute Gasteiger partial charge is 0.412 e. The van der Waals surface area contributed by atoms with E-state index in [0.29, 0.717) is 0 Å². The van der Waals surface area contributed by atoms with Gasteiger partial charge in [-0.1, -0.05) is 31.9 Å². The lowest BCUT2D eigenvalue weighted by molar-refractivity contribution is 0.823. The van der Waals surface area contributed by atoms with Crippen LogP contribution in [0.1, 0.15) is 0 Å². The normalized spacial score (nSPS) is 13.8. The van der Waals surface area contributed by atoms with Gasteiger partial charge in [0.15, 0.2) is 0 Å². The Morgan fingerprint density at radius 1 is 0.789 bits per heavy atom. The van der Waals surface area contributed by atoms with Crippen LogP contribution >= 0.6 is 28.9 Å². The number of para-hydroxylation sites is 2. The molecule has 0 radical (unpaired) electrons. The summed E-state index contributed by atoms with van der Waals surface area (Å²) >= 11 is 2.51. The third kappa shape index (κ3) is 3.59. The fourth-order valence-corrected chi connectivity index (χ4v) is 5.11. The molecular formula is C12H16INO4S. The summed E-state index contributed by atoms with van der Waals surface area (Å²) in [4.78, 5) is 6.01. The number of benzene rings is 2. The predicted octanol–water partition coefficient (Wildman–Crippen LogP) is 0.581. The monoisotopic (exact) mass is 397 g/mol. The van der Waals surface area contributed by atoms with Crippen molar-refractivity contribution in [2.75, 3.05) is 0 Å². The molecule has 2 aromatic carbocycles. The van der Waals surface area contributed by atoms with Crippen molar-refractivity contribution in [1.82, 2.24) is 0 Å². The highest BCUT2D eigenvalue weighted by atomic mass is 127.